The van der Waals surface area contributed by atoms with E-state index in [1.807, 2.05) is 12.2 Å². The van der Waals surface area contributed by atoms with Gasteiger partial charge in [0.05, 0.1) is 6.21 Å². The lowest BCUT2D eigenvalue weighted by atomic mass is 10.2. The van der Waals surface area contributed by atoms with Crippen LogP contribution in [0.1, 0.15) is 12.8 Å². The topological polar surface area (TPSA) is 41.6 Å². The van der Waals surface area contributed by atoms with Crippen LogP contribution in [0.4, 0.5) is 0 Å². The first-order chi connectivity index (χ1) is 6.74. The van der Waals surface area contributed by atoms with Gasteiger partial charge in [-0.15, -0.1) is 0 Å². The third-order valence-corrected chi connectivity index (χ3v) is 2.24. The largest absolute Gasteiger partial charge is 0.372 e. The van der Waals surface area contributed by atoms with Gasteiger partial charge in [-0.05, 0) is 24.5 Å². The van der Waals surface area contributed by atoms with Crippen molar-refractivity contribution in [2.75, 3.05) is 13.1 Å². The molecular formula is C11H17N3. The molecular weight excluding hydrogens is 174 g/mol. The molecule has 1 fully saturated rings. The predicted molar refractivity (Wildman–Crippen MR) is 60.9 cm³/mol. The molecule has 0 radical (unpaired) electrons. The minimum Gasteiger partial charge on any atom is -0.372 e. The van der Waals surface area contributed by atoms with Gasteiger partial charge in [-0.3, -0.25) is 0 Å². The van der Waals surface area contributed by atoms with Crippen LogP contribution in [-0.2, 0) is 0 Å². The highest BCUT2D eigenvalue weighted by atomic mass is 15.1. The molecule has 0 aromatic carbocycles. The zero-order valence-electron chi connectivity index (χ0n) is 8.45. The first-order valence-electron chi connectivity index (χ1n) is 4.78. The summed E-state index contributed by atoms with van der Waals surface area (Å²) in [7, 11) is 0. The zero-order chi connectivity index (χ0) is 10.4. The monoisotopic (exact) mass is 191 g/mol. The van der Waals surface area contributed by atoms with Crippen LogP contribution in [-0.4, -0.2) is 24.2 Å². The summed E-state index contributed by atoms with van der Waals surface area (Å²) in [6, 6.07) is 0. The van der Waals surface area contributed by atoms with E-state index in [0.29, 0.717) is 0 Å². The second kappa shape index (κ2) is 5.27. The summed E-state index contributed by atoms with van der Waals surface area (Å²) in [5.74, 6) is 5.00. The van der Waals surface area contributed by atoms with Gasteiger partial charge >= 0.3 is 0 Å². The maximum absolute atomic E-state index is 5.00. The number of hydrogen-bond donors (Lipinski definition) is 1. The van der Waals surface area contributed by atoms with Gasteiger partial charge in [-0.1, -0.05) is 19.2 Å². The van der Waals surface area contributed by atoms with Gasteiger partial charge in [0.2, 0.25) is 0 Å². The summed E-state index contributed by atoms with van der Waals surface area (Å²) in [4.78, 5) is 2.27. The Kier molecular flexibility index (Phi) is 3.98. The minimum atomic E-state index is 0.785. The van der Waals surface area contributed by atoms with E-state index in [0.717, 1.165) is 24.4 Å². The third kappa shape index (κ3) is 3.09. The van der Waals surface area contributed by atoms with Crippen LogP contribution in [0.25, 0.3) is 0 Å². The number of rotatable bonds is 4. The number of allylic oxidation sites excluding steroid dienone is 3. The van der Waals surface area contributed by atoms with Crippen LogP contribution in [0.3, 0.4) is 0 Å². The quantitative estimate of drug-likeness (QED) is 0.318. The molecule has 2 N–H and O–H groups in total. The molecule has 0 saturated carbocycles. The van der Waals surface area contributed by atoms with Crippen LogP contribution in [0, 0.1) is 0 Å². The molecule has 1 rings (SSSR count). The summed E-state index contributed by atoms with van der Waals surface area (Å²) in [6.07, 6.45) is 7.87. The number of hydrogen-bond acceptors (Lipinski definition) is 3. The molecule has 0 aromatic heterocycles. The summed E-state index contributed by atoms with van der Waals surface area (Å²) >= 11 is 0. The van der Waals surface area contributed by atoms with Gasteiger partial charge in [-0.2, -0.15) is 5.10 Å². The molecule has 76 valence electrons. The average molecular weight is 191 g/mol. The Morgan fingerprint density at radius 1 is 1.21 bits per heavy atom. The van der Waals surface area contributed by atoms with Crippen LogP contribution in [0.5, 0.6) is 0 Å². The van der Waals surface area contributed by atoms with E-state index in [4.69, 9.17) is 5.84 Å². The normalized spacial score (nSPS) is 17.0. The molecule has 0 bridgehead atoms. The Morgan fingerprint density at radius 3 is 2.43 bits per heavy atom. The molecule has 14 heavy (non-hydrogen) atoms. The molecule has 1 saturated heterocycles. The van der Waals surface area contributed by atoms with Gasteiger partial charge in [0.15, 0.2) is 0 Å². The Bertz CT molecular complexity index is 270. The smallest absolute Gasteiger partial charge is 0.0532 e. The van der Waals surface area contributed by atoms with Crippen molar-refractivity contribution in [1.82, 2.24) is 4.90 Å². The van der Waals surface area contributed by atoms with Crippen LogP contribution < -0.4 is 5.84 Å². The van der Waals surface area contributed by atoms with Crippen molar-refractivity contribution in [1.29, 1.82) is 0 Å². The summed E-state index contributed by atoms with van der Waals surface area (Å²) < 4.78 is 0. The maximum atomic E-state index is 5.00. The molecule has 0 aromatic rings. The molecule has 0 aliphatic carbocycles. The van der Waals surface area contributed by atoms with Gasteiger partial charge in [-0.25, -0.2) is 0 Å². The van der Waals surface area contributed by atoms with Crippen molar-refractivity contribution in [3.63, 3.8) is 0 Å². The first kappa shape index (κ1) is 10.6. The average Bonchev–Trinajstić information content (AvgIpc) is 2.67. The summed E-state index contributed by atoms with van der Waals surface area (Å²) in [5.41, 5.74) is 1.82. The molecule has 3 heteroatoms. The number of likely N-dealkylation sites (tertiary alicyclic amines) is 1. The SMILES string of the molecule is C=C(/C=C\C(=C)N1CCCC1)/C=N/N. The van der Waals surface area contributed by atoms with Gasteiger partial charge < -0.3 is 10.7 Å². The lowest BCUT2D eigenvalue weighted by molar-refractivity contribution is 0.442. The third-order valence-electron chi connectivity index (χ3n) is 2.24. The molecule has 0 atom stereocenters. The fraction of sp³-hybridized carbons (Fsp3) is 0.364. The second-order valence-electron chi connectivity index (χ2n) is 3.37. The highest BCUT2D eigenvalue weighted by Crippen LogP contribution is 2.14. The summed E-state index contributed by atoms with van der Waals surface area (Å²) in [6.45, 7) is 9.98. The lowest BCUT2D eigenvalue weighted by Gasteiger charge is -2.16. The zero-order valence-corrected chi connectivity index (χ0v) is 8.45. The predicted octanol–water partition coefficient (Wildman–Crippen LogP) is 1.65. The highest BCUT2D eigenvalue weighted by Gasteiger charge is 2.10. The van der Waals surface area contributed by atoms with Crippen molar-refractivity contribution in [3.8, 4) is 0 Å². The standard InChI is InChI=1S/C11H17N3/c1-10(9-13-12)5-6-11(2)14-7-3-4-8-14/h5-6,9H,1-4,7-8,12H2/b6-5-,13-9+. The Labute approximate surface area is 85.3 Å². The van der Waals surface area contributed by atoms with E-state index in [1.165, 1.54) is 19.1 Å². The molecule has 1 heterocycles. The van der Waals surface area contributed by atoms with Crippen molar-refractivity contribution in [2.24, 2.45) is 10.9 Å². The maximum Gasteiger partial charge on any atom is 0.0532 e. The number of hydrazone groups is 1. The van der Waals surface area contributed by atoms with Gasteiger partial charge in [0.1, 0.15) is 0 Å². The van der Waals surface area contributed by atoms with E-state index in [2.05, 4.69) is 23.2 Å². The number of nitrogens with zero attached hydrogens (tertiary/aromatic N) is 2. The van der Waals surface area contributed by atoms with Gasteiger partial charge in [0, 0.05) is 18.8 Å². The molecule has 0 spiro atoms. The second-order valence-corrected chi connectivity index (χ2v) is 3.37. The van der Waals surface area contributed by atoms with E-state index >= 15 is 0 Å². The van der Waals surface area contributed by atoms with Crippen LogP contribution in [0.15, 0.2) is 41.7 Å². The van der Waals surface area contributed by atoms with Crippen molar-refractivity contribution >= 4 is 6.21 Å². The molecule has 1 aliphatic heterocycles. The minimum absolute atomic E-state index is 0.785. The number of nitrogens with two attached hydrogens (primary N) is 1. The Hall–Kier alpha value is -1.51. The molecule has 1 aliphatic rings. The van der Waals surface area contributed by atoms with E-state index < -0.39 is 0 Å². The Morgan fingerprint density at radius 2 is 1.86 bits per heavy atom. The highest BCUT2D eigenvalue weighted by molar-refractivity contribution is 5.81. The van der Waals surface area contributed by atoms with E-state index in [1.54, 1.807) is 0 Å². The lowest BCUT2D eigenvalue weighted by Crippen LogP contribution is -2.16. The van der Waals surface area contributed by atoms with Crippen molar-refractivity contribution < 1.29 is 0 Å². The van der Waals surface area contributed by atoms with E-state index in [-0.39, 0.29) is 0 Å². The first-order valence-corrected chi connectivity index (χ1v) is 4.78. The fourth-order valence-electron chi connectivity index (χ4n) is 1.45. The molecule has 0 amide bonds. The van der Waals surface area contributed by atoms with Crippen LogP contribution in [0.2, 0.25) is 0 Å². The fourth-order valence-corrected chi connectivity index (χ4v) is 1.45. The molecule has 3 nitrogen and oxygen atoms in total. The van der Waals surface area contributed by atoms with Crippen molar-refractivity contribution in [3.05, 3.63) is 36.6 Å². The Balaban J connectivity index is 2.42. The van der Waals surface area contributed by atoms with Crippen molar-refractivity contribution in [2.45, 2.75) is 12.8 Å². The summed E-state index contributed by atoms with van der Waals surface area (Å²) in [5, 5.41) is 3.39. The van der Waals surface area contributed by atoms with E-state index in [9.17, 15) is 0 Å². The van der Waals surface area contributed by atoms with Gasteiger partial charge in [0.25, 0.3) is 0 Å². The molecule has 0 unspecified atom stereocenters. The van der Waals surface area contributed by atoms with Crippen LogP contribution >= 0.6 is 0 Å².